The number of rotatable bonds is 8. The largest absolute Gasteiger partial charge is 0.396 e. The van der Waals surface area contributed by atoms with E-state index in [9.17, 15) is 4.79 Å². The fourth-order valence-electron chi connectivity index (χ4n) is 4.10. The first-order valence-electron chi connectivity index (χ1n) is 11.7. The molecule has 0 radical (unpaired) electrons. The minimum atomic E-state index is -0.132. The summed E-state index contributed by atoms with van der Waals surface area (Å²) < 4.78 is 2.10. The number of nitrogens with one attached hydrogen (secondary N) is 2. The summed E-state index contributed by atoms with van der Waals surface area (Å²) in [7, 11) is 0. The van der Waals surface area contributed by atoms with Crippen LogP contribution in [-0.4, -0.2) is 44.6 Å². The van der Waals surface area contributed by atoms with Crippen molar-refractivity contribution in [1.82, 2.24) is 19.7 Å². The number of nitrogens with zero attached hydrogens (tertiary/aromatic N) is 3. The Morgan fingerprint density at radius 1 is 1.18 bits per heavy atom. The molecule has 1 aliphatic carbocycles. The predicted molar refractivity (Wildman–Crippen MR) is 136 cm³/mol. The molecule has 4 aromatic rings. The molecule has 2 heterocycles. The summed E-state index contributed by atoms with van der Waals surface area (Å²) in [5.41, 5.74) is 7.11. The van der Waals surface area contributed by atoms with Crippen LogP contribution in [0.25, 0.3) is 27.9 Å². The van der Waals surface area contributed by atoms with Crippen LogP contribution in [0.5, 0.6) is 0 Å². The number of fused-ring (bicyclic) bond motifs is 3. The van der Waals surface area contributed by atoms with E-state index in [1.54, 1.807) is 6.07 Å². The molecule has 176 valence electrons. The fraction of sp³-hybridized carbons (Fsp3) is 0.346. The topological polar surface area (TPSA) is 91.6 Å². The lowest BCUT2D eigenvalue weighted by Crippen LogP contribution is -2.25. The number of aliphatic hydroxyl groups is 1. The van der Waals surface area contributed by atoms with Gasteiger partial charge in [0.2, 0.25) is 0 Å². The van der Waals surface area contributed by atoms with Crippen molar-refractivity contribution in [3.8, 4) is 11.3 Å². The molecule has 1 aliphatic rings. The summed E-state index contributed by atoms with van der Waals surface area (Å²) >= 11 is 6.55. The van der Waals surface area contributed by atoms with Crippen molar-refractivity contribution in [1.29, 1.82) is 0 Å². The zero-order valence-electron chi connectivity index (χ0n) is 19.4. The molecule has 1 fully saturated rings. The fourth-order valence-corrected chi connectivity index (χ4v) is 4.37. The van der Waals surface area contributed by atoms with Gasteiger partial charge in [0.25, 0.3) is 5.91 Å². The second kappa shape index (κ2) is 9.24. The van der Waals surface area contributed by atoms with Crippen molar-refractivity contribution in [2.45, 2.75) is 45.6 Å². The molecule has 2 aromatic heterocycles. The van der Waals surface area contributed by atoms with Crippen molar-refractivity contribution in [2.24, 2.45) is 0 Å². The van der Waals surface area contributed by atoms with E-state index >= 15 is 0 Å². The van der Waals surface area contributed by atoms with Gasteiger partial charge in [-0.2, -0.15) is 0 Å². The molecule has 0 atom stereocenters. The number of anilines is 1. The van der Waals surface area contributed by atoms with Gasteiger partial charge in [-0.05, 0) is 74.9 Å². The summed E-state index contributed by atoms with van der Waals surface area (Å²) in [6.07, 6.45) is 5.44. The molecule has 0 saturated heterocycles. The van der Waals surface area contributed by atoms with Crippen molar-refractivity contribution in [2.75, 3.05) is 18.5 Å². The number of halogens is 1. The highest BCUT2D eigenvalue weighted by molar-refractivity contribution is 6.34. The Morgan fingerprint density at radius 3 is 2.71 bits per heavy atom. The third-order valence-electron chi connectivity index (χ3n) is 6.34. The van der Waals surface area contributed by atoms with Gasteiger partial charge in [-0.25, -0.2) is 9.97 Å². The average molecular weight is 478 g/mol. The molecule has 3 N–H and O–H groups in total. The third kappa shape index (κ3) is 4.33. The van der Waals surface area contributed by atoms with Crippen molar-refractivity contribution in [3.05, 3.63) is 58.2 Å². The third-order valence-corrected chi connectivity index (χ3v) is 6.65. The Labute approximate surface area is 203 Å². The predicted octanol–water partition coefficient (Wildman–Crippen LogP) is 4.90. The molecule has 8 heteroatoms. The number of aryl methyl sites for hydroxylation is 2. The van der Waals surface area contributed by atoms with Gasteiger partial charge >= 0.3 is 0 Å². The Bertz CT molecular complexity index is 1390. The number of benzene rings is 2. The van der Waals surface area contributed by atoms with Crippen molar-refractivity contribution >= 4 is 40.0 Å². The van der Waals surface area contributed by atoms with Crippen LogP contribution in [-0.2, 0) is 0 Å². The van der Waals surface area contributed by atoms with E-state index in [0.29, 0.717) is 22.9 Å². The number of unbranched alkanes of at least 4 members (excludes halogenated alkanes) is 1. The van der Waals surface area contributed by atoms with Crippen LogP contribution in [0, 0.1) is 13.8 Å². The van der Waals surface area contributed by atoms with E-state index < -0.39 is 0 Å². The highest BCUT2D eigenvalue weighted by Gasteiger charge is 2.25. The monoisotopic (exact) mass is 477 g/mol. The molecule has 1 amide bonds. The molecule has 34 heavy (non-hydrogen) atoms. The Balaban J connectivity index is 1.61. The Morgan fingerprint density at radius 2 is 1.97 bits per heavy atom. The van der Waals surface area contributed by atoms with Crippen LogP contribution < -0.4 is 10.6 Å². The number of amides is 1. The quantitative estimate of drug-likeness (QED) is 0.314. The smallest absolute Gasteiger partial charge is 0.253 e. The minimum absolute atomic E-state index is 0.132. The molecule has 0 aliphatic heterocycles. The number of aliphatic hydroxyl groups excluding tert-OH is 1. The Kier molecular flexibility index (Phi) is 6.15. The maximum atomic E-state index is 12.5. The first kappa shape index (κ1) is 22.6. The first-order valence-corrected chi connectivity index (χ1v) is 12.1. The lowest BCUT2D eigenvalue weighted by molar-refractivity contribution is 0.0951. The van der Waals surface area contributed by atoms with Gasteiger partial charge in [-0.15, -0.1) is 0 Å². The van der Waals surface area contributed by atoms with Gasteiger partial charge in [-0.3, -0.25) is 9.20 Å². The summed E-state index contributed by atoms with van der Waals surface area (Å²) in [4.78, 5) is 22.1. The van der Waals surface area contributed by atoms with Gasteiger partial charge in [-0.1, -0.05) is 17.7 Å². The highest BCUT2D eigenvalue weighted by atomic mass is 35.5. The highest BCUT2D eigenvalue weighted by Crippen LogP contribution is 2.32. The van der Waals surface area contributed by atoms with Gasteiger partial charge in [0.1, 0.15) is 0 Å². The minimum Gasteiger partial charge on any atom is -0.396 e. The molecule has 2 aromatic carbocycles. The van der Waals surface area contributed by atoms with Gasteiger partial charge in [0.05, 0.1) is 33.5 Å². The van der Waals surface area contributed by atoms with E-state index in [4.69, 9.17) is 26.7 Å². The van der Waals surface area contributed by atoms with E-state index in [1.807, 2.05) is 18.3 Å². The van der Waals surface area contributed by atoms with Crippen molar-refractivity contribution in [3.63, 3.8) is 0 Å². The van der Waals surface area contributed by atoms with E-state index in [-0.39, 0.29) is 18.6 Å². The van der Waals surface area contributed by atoms with Crippen LogP contribution in [0.4, 0.5) is 5.82 Å². The zero-order valence-corrected chi connectivity index (χ0v) is 20.1. The lowest BCUT2D eigenvalue weighted by atomic mass is 10.1. The number of imidazole rings is 1. The molecule has 5 rings (SSSR count). The normalized spacial score (nSPS) is 13.5. The van der Waals surface area contributed by atoms with Gasteiger partial charge in [0, 0.05) is 24.8 Å². The first-order chi connectivity index (χ1) is 16.5. The number of carbonyl (C=O) groups is 1. The lowest BCUT2D eigenvalue weighted by Gasteiger charge is -2.13. The number of carbonyl (C=O) groups excluding carboxylic acids is 1. The summed E-state index contributed by atoms with van der Waals surface area (Å²) in [5.74, 6) is 0.568. The SMILES string of the molecule is Cc1cc2nc(NCCCCO)c3ncc(-c4ccc(C(=O)NC5CC5)c(Cl)c4)n3c2cc1C. The molecular formula is C26H28ClN5O2. The summed E-state index contributed by atoms with van der Waals surface area (Å²) in [6, 6.07) is 10.0. The maximum absolute atomic E-state index is 12.5. The molecule has 7 nitrogen and oxygen atoms in total. The number of hydrogen-bond acceptors (Lipinski definition) is 5. The second-order valence-corrected chi connectivity index (χ2v) is 9.40. The molecule has 1 saturated carbocycles. The van der Waals surface area contributed by atoms with Gasteiger partial charge in [0.15, 0.2) is 11.5 Å². The molecule has 0 bridgehead atoms. The molecule has 0 unspecified atom stereocenters. The summed E-state index contributed by atoms with van der Waals surface area (Å²) in [6.45, 7) is 5.03. The number of hydrogen-bond donors (Lipinski definition) is 3. The van der Waals surface area contributed by atoms with Crippen LogP contribution >= 0.6 is 11.6 Å². The Hall–Kier alpha value is -3.16. The van der Waals surface area contributed by atoms with Crippen molar-refractivity contribution < 1.29 is 9.90 Å². The van der Waals surface area contributed by atoms with E-state index in [2.05, 4.69) is 41.0 Å². The van der Waals surface area contributed by atoms with Crippen LogP contribution in [0.1, 0.15) is 47.2 Å². The second-order valence-electron chi connectivity index (χ2n) is 8.99. The standard InChI is InChI=1S/C26H28ClN5O2/c1-15-11-21-22(12-16(15)2)32-23(14-29-25(32)24(31-21)28-9-3-4-10-33)17-5-8-19(20(27)13-17)26(34)30-18-6-7-18/h5,8,11-14,18,33H,3-4,6-7,9-10H2,1-2H3,(H,28,31)(H,30,34). The van der Waals surface area contributed by atoms with E-state index in [1.165, 1.54) is 11.1 Å². The van der Waals surface area contributed by atoms with Crippen LogP contribution in [0.15, 0.2) is 36.5 Å². The maximum Gasteiger partial charge on any atom is 0.253 e. The van der Waals surface area contributed by atoms with Crippen LogP contribution in [0.2, 0.25) is 5.02 Å². The van der Waals surface area contributed by atoms with E-state index in [0.717, 1.165) is 53.6 Å². The average Bonchev–Trinajstić information content (AvgIpc) is 3.51. The summed E-state index contributed by atoms with van der Waals surface area (Å²) in [5, 5.41) is 15.9. The molecule has 0 spiro atoms. The van der Waals surface area contributed by atoms with Gasteiger partial charge < -0.3 is 15.7 Å². The van der Waals surface area contributed by atoms with Crippen LogP contribution in [0.3, 0.4) is 0 Å². The number of aromatic nitrogens is 3. The zero-order chi connectivity index (χ0) is 23.8. The molecular weight excluding hydrogens is 450 g/mol.